The molecule has 8 nitrogen and oxygen atoms in total. The summed E-state index contributed by atoms with van der Waals surface area (Å²) in [6, 6.07) is 4.22. The lowest BCUT2D eigenvalue weighted by Crippen LogP contribution is -2.45. The lowest BCUT2D eigenvalue weighted by molar-refractivity contribution is -0.113. The van der Waals surface area contributed by atoms with Gasteiger partial charge in [0.15, 0.2) is 5.17 Å². The van der Waals surface area contributed by atoms with Gasteiger partial charge in [0.05, 0.1) is 4.91 Å². The molecule has 31 heavy (non-hydrogen) atoms. The highest BCUT2D eigenvalue weighted by molar-refractivity contribution is 8.18. The lowest BCUT2D eigenvalue weighted by Gasteiger charge is -2.28. The number of hydrogen-bond donors (Lipinski definition) is 1. The van der Waals surface area contributed by atoms with Crippen molar-refractivity contribution < 1.29 is 18.7 Å². The molecule has 0 aromatic heterocycles. The number of amidine groups is 1. The summed E-state index contributed by atoms with van der Waals surface area (Å²) in [6.07, 6.45) is 4.06. The van der Waals surface area contributed by atoms with Gasteiger partial charge in [-0.15, -0.1) is 0 Å². The molecule has 2 amide bonds. The topological polar surface area (TPSA) is 77.5 Å². The Morgan fingerprint density at radius 3 is 2.90 bits per heavy atom. The van der Waals surface area contributed by atoms with E-state index in [4.69, 9.17) is 4.74 Å². The zero-order valence-corrected chi connectivity index (χ0v) is 18.5. The van der Waals surface area contributed by atoms with Gasteiger partial charge in [-0.25, -0.2) is 14.6 Å². The fourth-order valence-corrected chi connectivity index (χ4v) is 4.62. The van der Waals surface area contributed by atoms with E-state index < -0.39 is 11.9 Å². The molecule has 3 aliphatic rings. The van der Waals surface area contributed by atoms with Gasteiger partial charge in [0.1, 0.15) is 11.6 Å². The molecular formula is C21H26FN5O3S. The number of amides is 2. The highest BCUT2D eigenvalue weighted by Crippen LogP contribution is 2.33. The molecular weight excluding hydrogens is 421 g/mol. The number of likely N-dealkylation sites (N-methyl/N-ethyl adjacent to an activating group) is 1. The number of hydrazine groups is 1. The summed E-state index contributed by atoms with van der Waals surface area (Å²) in [7, 11) is 3.95. The second-order valence-electron chi connectivity index (χ2n) is 7.98. The quantitative estimate of drug-likeness (QED) is 0.714. The first-order valence-electron chi connectivity index (χ1n) is 10.4. The Hall–Kier alpha value is -2.43. The average molecular weight is 448 g/mol. The first-order chi connectivity index (χ1) is 14.9. The predicted octanol–water partition coefficient (Wildman–Crippen LogP) is 2.53. The van der Waals surface area contributed by atoms with Crippen LogP contribution in [0.2, 0.25) is 0 Å². The molecule has 1 atom stereocenters. The smallest absolute Gasteiger partial charge is 0.409 e. The molecule has 0 spiro atoms. The lowest BCUT2D eigenvalue weighted by atomic mass is 10.2. The van der Waals surface area contributed by atoms with Gasteiger partial charge in [-0.3, -0.25) is 9.80 Å². The van der Waals surface area contributed by atoms with Crippen molar-refractivity contribution in [3.63, 3.8) is 0 Å². The van der Waals surface area contributed by atoms with E-state index in [0.29, 0.717) is 28.7 Å². The summed E-state index contributed by atoms with van der Waals surface area (Å²) in [5.74, 6) is -0.788. The van der Waals surface area contributed by atoms with E-state index in [1.54, 1.807) is 11.0 Å². The summed E-state index contributed by atoms with van der Waals surface area (Å²) >= 11 is 1.26. The van der Waals surface area contributed by atoms with Crippen LogP contribution < -0.4 is 10.2 Å². The Morgan fingerprint density at radius 2 is 2.19 bits per heavy atom. The minimum Gasteiger partial charge on any atom is -0.409 e. The molecule has 0 aliphatic carbocycles. The number of nitrogens with zero attached hydrogens (tertiary/aromatic N) is 4. The summed E-state index contributed by atoms with van der Waals surface area (Å²) in [5, 5.41) is 2.48. The van der Waals surface area contributed by atoms with E-state index in [9.17, 15) is 14.0 Å². The SMILES string of the molecule is CN(C)[C@H]1CCN(C(=O)Oc2cc(F)ccc2/C=C2\SC(N3CCCCN3)=NC2=O)C1. The Labute approximate surface area is 185 Å². The minimum absolute atomic E-state index is 0.0868. The summed E-state index contributed by atoms with van der Waals surface area (Å²) in [5.41, 5.74) is 3.68. The van der Waals surface area contributed by atoms with E-state index in [1.807, 2.05) is 19.1 Å². The summed E-state index contributed by atoms with van der Waals surface area (Å²) in [4.78, 5) is 33.3. The standard InChI is InChI=1S/C21H26FN5O3S/c1-25(2)16-7-10-26(13-16)21(29)30-17-12-15(22)6-5-14(17)11-18-19(28)24-20(31-18)27-9-4-3-8-23-27/h5-6,11-12,16,23H,3-4,7-10,13H2,1-2H3/b18-11-/t16-/m0/s1. The zero-order chi connectivity index (χ0) is 22.0. The first kappa shape index (κ1) is 21.8. The van der Waals surface area contributed by atoms with Crippen LogP contribution in [0.15, 0.2) is 28.1 Å². The van der Waals surface area contributed by atoms with Crippen LogP contribution in [0.1, 0.15) is 24.8 Å². The maximum Gasteiger partial charge on any atom is 0.415 e. The fourth-order valence-electron chi connectivity index (χ4n) is 3.71. The van der Waals surface area contributed by atoms with E-state index in [2.05, 4.69) is 15.3 Å². The number of thioether (sulfide) groups is 1. The maximum atomic E-state index is 13.9. The highest BCUT2D eigenvalue weighted by Gasteiger charge is 2.30. The molecule has 0 unspecified atom stereocenters. The summed E-state index contributed by atoms with van der Waals surface area (Å²) in [6.45, 7) is 2.78. The monoisotopic (exact) mass is 447 g/mol. The van der Waals surface area contributed by atoms with Crippen LogP contribution in [-0.2, 0) is 4.79 Å². The Morgan fingerprint density at radius 1 is 1.35 bits per heavy atom. The number of nitrogens with one attached hydrogen (secondary N) is 1. The largest absolute Gasteiger partial charge is 0.415 e. The van der Waals surface area contributed by atoms with Crippen molar-refractivity contribution >= 4 is 35.0 Å². The number of aliphatic imine (C=N–C) groups is 1. The summed E-state index contributed by atoms with van der Waals surface area (Å²) < 4.78 is 19.4. The van der Waals surface area contributed by atoms with Crippen molar-refractivity contribution in [2.24, 2.45) is 4.99 Å². The molecule has 4 rings (SSSR count). The molecule has 10 heteroatoms. The van der Waals surface area contributed by atoms with Gasteiger partial charge >= 0.3 is 6.09 Å². The van der Waals surface area contributed by atoms with E-state index in [0.717, 1.165) is 32.4 Å². The molecule has 0 radical (unpaired) electrons. The van der Waals surface area contributed by atoms with Gasteiger partial charge in [-0.2, -0.15) is 4.99 Å². The third kappa shape index (κ3) is 5.08. The Kier molecular flexibility index (Phi) is 6.59. The number of carbonyl (C=O) groups excluding carboxylic acids is 2. The second-order valence-corrected chi connectivity index (χ2v) is 8.99. The van der Waals surface area contributed by atoms with Crippen molar-refractivity contribution in [1.29, 1.82) is 0 Å². The maximum absolute atomic E-state index is 13.9. The Bertz CT molecular complexity index is 930. The molecule has 1 aromatic carbocycles. The van der Waals surface area contributed by atoms with Gasteiger partial charge in [0.2, 0.25) is 0 Å². The molecule has 3 heterocycles. The Balaban J connectivity index is 1.48. The van der Waals surface area contributed by atoms with Gasteiger partial charge < -0.3 is 14.5 Å². The minimum atomic E-state index is -0.519. The predicted molar refractivity (Wildman–Crippen MR) is 118 cm³/mol. The molecule has 1 aromatic rings. The number of likely N-dealkylation sites (tertiary alicyclic amines) is 1. The van der Waals surface area contributed by atoms with Crippen molar-refractivity contribution in [1.82, 2.24) is 20.2 Å². The molecule has 1 N–H and O–H groups in total. The van der Waals surface area contributed by atoms with E-state index >= 15 is 0 Å². The number of ether oxygens (including phenoxy) is 1. The molecule has 2 saturated heterocycles. The van der Waals surface area contributed by atoms with Crippen LogP contribution in [0.5, 0.6) is 5.75 Å². The van der Waals surface area contributed by atoms with Crippen LogP contribution >= 0.6 is 11.8 Å². The zero-order valence-electron chi connectivity index (χ0n) is 17.6. The molecule has 2 fully saturated rings. The highest BCUT2D eigenvalue weighted by atomic mass is 32.2. The third-order valence-corrected chi connectivity index (χ3v) is 6.57. The number of halogens is 1. The van der Waals surface area contributed by atoms with Crippen molar-refractivity contribution in [3.05, 3.63) is 34.5 Å². The van der Waals surface area contributed by atoms with Crippen LogP contribution in [0.4, 0.5) is 9.18 Å². The number of rotatable bonds is 3. The number of hydrogen-bond acceptors (Lipinski definition) is 7. The van der Waals surface area contributed by atoms with Crippen LogP contribution in [-0.4, -0.2) is 78.3 Å². The van der Waals surface area contributed by atoms with Crippen molar-refractivity contribution in [3.8, 4) is 5.75 Å². The fraction of sp³-hybridized carbons (Fsp3) is 0.476. The van der Waals surface area contributed by atoms with Crippen LogP contribution in [0.3, 0.4) is 0 Å². The first-order valence-corrected chi connectivity index (χ1v) is 11.2. The molecule has 3 aliphatic heterocycles. The third-order valence-electron chi connectivity index (χ3n) is 5.56. The van der Waals surface area contributed by atoms with Crippen molar-refractivity contribution in [2.45, 2.75) is 25.3 Å². The van der Waals surface area contributed by atoms with Gasteiger partial charge in [-0.05, 0) is 63.3 Å². The molecule has 0 bridgehead atoms. The number of carbonyl (C=O) groups is 2. The van der Waals surface area contributed by atoms with Crippen LogP contribution in [0.25, 0.3) is 6.08 Å². The normalized spacial score (nSPS) is 23.1. The number of benzene rings is 1. The average Bonchev–Trinajstić information content (AvgIpc) is 3.38. The molecule has 166 valence electrons. The van der Waals surface area contributed by atoms with Gasteiger partial charge in [0, 0.05) is 43.9 Å². The van der Waals surface area contributed by atoms with Gasteiger partial charge in [-0.1, -0.05) is 0 Å². The van der Waals surface area contributed by atoms with Crippen LogP contribution in [0, 0.1) is 5.82 Å². The van der Waals surface area contributed by atoms with Crippen molar-refractivity contribution in [2.75, 3.05) is 40.3 Å². The second kappa shape index (κ2) is 9.37. The van der Waals surface area contributed by atoms with E-state index in [-0.39, 0.29) is 17.7 Å². The van der Waals surface area contributed by atoms with E-state index in [1.165, 1.54) is 30.0 Å². The van der Waals surface area contributed by atoms with Gasteiger partial charge in [0.25, 0.3) is 5.91 Å². The molecule has 0 saturated carbocycles.